The van der Waals surface area contributed by atoms with E-state index < -0.39 is 0 Å². The van der Waals surface area contributed by atoms with Crippen molar-refractivity contribution in [2.75, 3.05) is 0 Å². The van der Waals surface area contributed by atoms with E-state index in [1.165, 1.54) is 5.19 Å². The van der Waals surface area contributed by atoms with Crippen LogP contribution in [-0.2, 0) is 17.1 Å². The van der Waals surface area contributed by atoms with Crippen LogP contribution in [0.2, 0.25) is 13.1 Å². The van der Waals surface area contributed by atoms with Crippen molar-refractivity contribution in [1.29, 1.82) is 0 Å². The molecule has 1 rings (SSSR count). The summed E-state index contributed by atoms with van der Waals surface area (Å²) >= 11 is 0. The summed E-state index contributed by atoms with van der Waals surface area (Å²) in [6.07, 6.45) is 0. The van der Waals surface area contributed by atoms with E-state index in [4.69, 9.17) is 0 Å². The van der Waals surface area contributed by atoms with Gasteiger partial charge in [-0.05, 0) is 0 Å². The zero-order valence-corrected chi connectivity index (χ0v) is 10.1. The third-order valence-corrected chi connectivity index (χ3v) is 2.84. The Hall–Kier alpha value is 0.554. The molecule has 0 aliphatic rings. The molecule has 0 spiro atoms. The van der Waals surface area contributed by atoms with E-state index in [2.05, 4.69) is 43.4 Å². The molecule has 0 aliphatic heterocycles. The van der Waals surface area contributed by atoms with Crippen LogP contribution in [0, 0.1) is 7.43 Å². The Morgan fingerprint density at radius 3 is 1.67 bits per heavy atom. The first-order chi connectivity index (χ1) is 4.30. The number of hydrogen-bond donors (Lipinski definition) is 0. The second kappa shape index (κ2) is 9.64. The van der Waals surface area contributed by atoms with Gasteiger partial charge >= 0.3 is 18.9 Å². The predicted molar refractivity (Wildman–Crippen MR) is 50.0 cm³/mol. The molecule has 0 saturated carbocycles. The summed E-state index contributed by atoms with van der Waals surface area (Å²) in [7, 11) is -0.212. The summed E-state index contributed by atoms with van der Waals surface area (Å²) in [6.45, 7) is 4.61. The summed E-state index contributed by atoms with van der Waals surface area (Å²) in [5.41, 5.74) is 0. The quantitative estimate of drug-likeness (QED) is 0.425. The first-order valence-electron chi connectivity index (χ1n) is 3.16. The standard InChI is InChI=1S/C8H11Si.CH3.Cu.Li/c1-9(2)8-6-4-3-5-7-8;;;/h3-7H,1-2H3;1H3;;/q;-1;;+1. The largest absolute Gasteiger partial charge is 1.00 e. The van der Waals surface area contributed by atoms with Crippen molar-refractivity contribution >= 4 is 14.0 Å². The molecule has 0 N–H and O–H groups in total. The number of rotatable bonds is 1. The molecule has 0 amide bonds. The van der Waals surface area contributed by atoms with Gasteiger partial charge in [0.15, 0.2) is 0 Å². The molecule has 0 nitrogen and oxygen atoms in total. The maximum absolute atomic E-state index is 2.31. The second-order valence-corrected chi connectivity index (χ2v) is 4.94. The predicted octanol–water partition coefficient (Wildman–Crippen LogP) is -0.900. The number of benzene rings is 1. The molecule has 0 aliphatic carbocycles. The molecule has 0 saturated heterocycles. The number of hydrogen-bond acceptors (Lipinski definition) is 0. The van der Waals surface area contributed by atoms with Gasteiger partial charge in [-0.15, -0.1) is 0 Å². The Morgan fingerprint density at radius 1 is 1.00 bits per heavy atom. The van der Waals surface area contributed by atoms with Gasteiger partial charge in [-0.1, -0.05) is 48.6 Å². The van der Waals surface area contributed by atoms with Crippen LogP contribution in [0.25, 0.3) is 0 Å². The summed E-state index contributed by atoms with van der Waals surface area (Å²) < 4.78 is 0. The minimum absolute atomic E-state index is 0. The summed E-state index contributed by atoms with van der Waals surface area (Å²) in [4.78, 5) is 0. The van der Waals surface area contributed by atoms with Crippen molar-refractivity contribution in [3.8, 4) is 0 Å². The molecule has 1 aromatic carbocycles. The van der Waals surface area contributed by atoms with Crippen LogP contribution in [0.15, 0.2) is 30.3 Å². The Balaban J connectivity index is -0.000000270. The van der Waals surface area contributed by atoms with Crippen LogP contribution >= 0.6 is 0 Å². The minimum atomic E-state index is -0.212. The minimum Gasteiger partial charge on any atom is -0.358 e. The molecule has 0 unspecified atom stereocenters. The fraction of sp³-hybridized carbons (Fsp3) is 0.222. The Kier molecular flexibility index (Phi) is 14.7. The zero-order chi connectivity index (χ0) is 6.69. The van der Waals surface area contributed by atoms with Gasteiger partial charge in [-0.25, -0.2) is 0 Å². The van der Waals surface area contributed by atoms with E-state index >= 15 is 0 Å². The molecular formula is C9H14CuLiSi. The average Bonchev–Trinajstić information content (AvgIpc) is 1.90. The summed E-state index contributed by atoms with van der Waals surface area (Å²) in [5, 5.41) is 1.52. The van der Waals surface area contributed by atoms with Crippen molar-refractivity contribution in [2.24, 2.45) is 0 Å². The molecule has 0 fully saturated rings. The Labute approximate surface area is 100 Å². The van der Waals surface area contributed by atoms with Gasteiger partial charge in [0.2, 0.25) is 0 Å². The summed E-state index contributed by atoms with van der Waals surface area (Å²) in [6, 6.07) is 10.7. The van der Waals surface area contributed by atoms with Gasteiger partial charge in [0.05, 0.1) is 8.80 Å². The molecule has 0 bridgehead atoms. The normalized spacial score (nSPS) is 7.58. The fourth-order valence-electron chi connectivity index (χ4n) is 0.771. The van der Waals surface area contributed by atoms with E-state index in [-0.39, 0.29) is 52.2 Å². The smallest absolute Gasteiger partial charge is 0.358 e. The van der Waals surface area contributed by atoms with Gasteiger partial charge < -0.3 is 7.43 Å². The van der Waals surface area contributed by atoms with Crippen molar-refractivity contribution < 1.29 is 35.9 Å². The van der Waals surface area contributed by atoms with Crippen LogP contribution < -0.4 is 24.0 Å². The molecule has 66 valence electrons. The van der Waals surface area contributed by atoms with Gasteiger partial charge in [0.25, 0.3) is 0 Å². The van der Waals surface area contributed by atoms with Gasteiger partial charge in [-0.3, -0.25) is 0 Å². The van der Waals surface area contributed by atoms with Gasteiger partial charge in [0, 0.05) is 17.1 Å². The molecule has 2 radical (unpaired) electrons. The first-order valence-corrected chi connectivity index (χ1v) is 5.66. The third-order valence-electron chi connectivity index (χ3n) is 1.35. The molecule has 12 heavy (non-hydrogen) atoms. The molecule has 0 heterocycles. The topological polar surface area (TPSA) is 0 Å². The van der Waals surface area contributed by atoms with Crippen LogP contribution in [0.5, 0.6) is 0 Å². The van der Waals surface area contributed by atoms with E-state index in [1.807, 2.05) is 0 Å². The van der Waals surface area contributed by atoms with Crippen molar-refractivity contribution in [1.82, 2.24) is 0 Å². The fourth-order valence-corrected chi connectivity index (χ4v) is 1.63. The maximum atomic E-state index is 2.31. The molecule has 1 aromatic rings. The Bertz CT molecular complexity index is 177. The van der Waals surface area contributed by atoms with Crippen molar-refractivity contribution in [3.63, 3.8) is 0 Å². The van der Waals surface area contributed by atoms with E-state index in [0.29, 0.717) is 0 Å². The van der Waals surface area contributed by atoms with Gasteiger partial charge in [-0.2, -0.15) is 0 Å². The Morgan fingerprint density at radius 2 is 1.42 bits per heavy atom. The SMILES string of the molecule is C[Si](C)c1ccccc1.[CH3-].[Cu].[Li+]. The monoisotopic (exact) mass is 220 g/mol. The molecule has 3 heteroatoms. The van der Waals surface area contributed by atoms with E-state index in [9.17, 15) is 0 Å². The maximum Gasteiger partial charge on any atom is 1.00 e. The van der Waals surface area contributed by atoms with Crippen LogP contribution in [0.3, 0.4) is 0 Å². The molecular weight excluding hydrogens is 207 g/mol. The first kappa shape index (κ1) is 18.4. The third kappa shape index (κ3) is 6.11. The van der Waals surface area contributed by atoms with E-state index in [1.54, 1.807) is 0 Å². The second-order valence-electron chi connectivity index (χ2n) is 2.37. The van der Waals surface area contributed by atoms with Crippen molar-refractivity contribution in [3.05, 3.63) is 37.8 Å². The molecule has 0 aromatic heterocycles. The van der Waals surface area contributed by atoms with Crippen molar-refractivity contribution in [2.45, 2.75) is 13.1 Å². The van der Waals surface area contributed by atoms with Crippen LogP contribution in [-0.4, -0.2) is 8.80 Å². The summed E-state index contributed by atoms with van der Waals surface area (Å²) in [5.74, 6) is 0. The van der Waals surface area contributed by atoms with E-state index in [0.717, 1.165) is 0 Å². The zero-order valence-electron chi connectivity index (χ0n) is 8.19. The van der Waals surface area contributed by atoms with Crippen LogP contribution in [0.4, 0.5) is 0 Å². The van der Waals surface area contributed by atoms with Gasteiger partial charge in [0.1, 0.15) is 0 Å². The average molecular weight is 221 g/mol. The van der Waals surface area contributed by atoms with Crippen LogP contribution in [0.1, 0.15) is 0 Å². The molecule has 0 atom stereocenters.